The van der Waals surface area contributed by atoms with Gasteiger partial charge in [-0.25, -0.2) is 0 Å². The molecule has 0 aliphatic rings. The van der Waals surface area contributed by atoms with Crippen LogP contribution < -0.4 is 4.46 Å². The third kappa shape index (κ3) is 4.90. The van der Waals surface area contributed by atoms with Crippen molar-refractivity contribution in [2.75, 3.05) is 0 Å². The fraction of sp³-hybridized carbons (Fsp3) is 0.182. The van der Waals surface area contributed by atoms with Crippen molar-refractivity contribution in [2.45, 2.75) is 10.7 Å². The van der Waals surface area contributed by atoms with Crippen molar-refractivity contribution in [2.24, 2.45) is 0 Å². The van der Waals surface area contributed by atoms with Crippen LogP contribution in [0.1, 0.15) is 6.92 Å². The number of benzene rings is 1. The molecule has 0 unspecified atom stereocenters. The zero-order valence-electron chi connectivity index (χ0n) is 8.41. The molecule has 0 heterocycles. The number of hydrogen-bond donors (Lipinski definition) is 0. The van der Waals surface area contributed by atoms with E-state index in [4.69, 9.17) is 34.8 Å². The molecule has 0 N–H and O–H groups in total. The molecule has 0 amide bonds. The average molecular weight is 343 g/mol. The molecule has 1 aromatic carbocycles. The number of hydrogen-bond acceptors (Lipinski definition) is 1. The van der Waals surface area contributed by atoms with Crippen molar-refractivity contribution in [3.8, 4) is 0 Å². The Kier molecular flexibility index (Phi) is 5.36. The number of ketones is 1. The number of alkyl halides is 3. The van der Waals surface area contributed by atoms with Gasteiger partial charge in [0.2, 0.25) is 0 Å². The first-order chi connectivity index (χ1) is 7.39. The Morgan fingerprint density at radius 3 is 2.31 bits per heavy atom. The Morgan fingerprint density at radius 2 is 1.81 bits per heavy atom. The number of rotatable bonds is 3. The molecule has 0 fully saturated rings. The molecule has 0 aromatic heterocycles. The molecular weight excluding hydrogens is 333 g/mol. The molecule has 86 valence electrons. The third-order valence-electron chi connectivity index (χ3n) is 1.64. The molecule has 1 aromatic rings. The van der Waals surface area contributed by atoms with Gasteiger partial charge in [-0.1, -0.05) is 0 Å². The molecule has 1 nitrogen and oxygen atoms in total. The number of halogens is 3. The summed E-state index contributed by atoms with van der Waals surface area (Å²) >= 11 is 16.5. The first-order valence-corrected chi connectivity index (χ1v) is 7.26. The normalized spacial score (nSPS) is 12.6. The summed E-state index contributed by atoms with van der Waals surface area (Å²) in [4.78, 5) is 11.4. The summed E-state index contributed by atoms with van der Waals surface area (Å²) in [5.41, 5.74) is 0. The molecule has 0 bridgehead atoms. The van der Waals surface area contributed by atoms with Crippen LogP contribution in [0, 0.1) is 0 Å². The van der Waals surface area contributed by atoms with E-state index in [1.807, 2.05) is 37.3 Å². The van der Waals surface area contributed by atoms with Gasteiger partial charge in [0.25, 0.3) is 0 Å². The van der Waals surface area contributed by atoms with Crippen molar-refractivity contribution >= 4 is 60.0 Å². The van der Waals surface area contributed by atoms with Gasteiger partial charge in [-0.3, -0.25) is 0 Å². The van der Waals surface area contributed by atoms with Gasteiger partial charge in [0.1, 0.15) is 0 Å². The second-order valence-corrected chi connectivity index (χ2v) is 8.08. The van der Waals surface area contributed by atoms with Crippen LogP contribution in [-0.2, 0) is 4.79 Å². The van der Waals surface area contributed by atoms with Crippen LogP contribution in [0.15, 0.2) is 40.9 Å². The second-order valence-electron chi connectivity index (χ2n) is 3.03. The number of allylic oxidation sites excluding steroid dienone is 2. The standard InChI is InChI=1S/C11H9Cl3OSe/c1-8(7-10(15)11(12,13)14)16-9-5-3-2-4-6-9/h2-7H,1H3/b8-7-. The fourth-order valence-electron chi connectivity index (χ4n) is 0.970. The zero-order valence-corrected chi connectivity index (χ0v) is 12.4. The summed E-state index contributed by atoms with van der Waals surface area (Å²) in [6, 6.07) is 9.89. The number of carbonyl (C=O) groups excluding carboxylic acids is 1. The van der Waals surface area contributed by atoms with Crippen molar-refractivity contribution in [3.05, 3.63) is 40.9 Å². The monoisotopic (exact) mass is 342 g/mol. The second kappa shape index (κ2) is 6.09. The molecule has 0 spiro atoms. The Labute approximate surface area is 116 Å². The first-order valence-electron chi connectivity index (χ1n) is 4.42. The van der Waals surface area contributed by atoms with E-state index in [9.17, 15) is 4.79 Å². The van der Waals surface area contributed by atoms with Crippen LogP contribution >= 0.6 is 34.8 Å². The Morgan fingerprint density at radius 1 is 1.25 bits per heavy atom. The molecule has 0 atom stereocenters. The van der Waals surface area contributed by atoms with Gasteiger partial charge in [-0.05, 0) is 0 Å². The van der Waals surface area contributed by atoms with Crippen LogP contribution in [0.25, 0.3) is 0 Å². The molecule has 16 heavy (non-hydrogen) atoms. The summed E-state index contributed by atoms with van der Waals surface area (Å²) in [6.07, 6.45) is 1.40. The van der Waals surface area contributed by atoms with Crippen LogP contribution in [0.2, 0.25) is 0 Å². The van der Waals surface area contributed by atoms with E-state index < -0.39 is 9.58 Å². The van der Waals surface area contributed by atoms with Crippen molar-refractivity contribution in [1.82, 2.24) is 0 Å². The quantitative estimate of drug-likeness (QED) is 0.469. The summed E-state index contributed by atoms with van der Waals surface area (Å²) in [5, 5.41) is 0. The fourth-order valence-corrected chi connectivity index (χ4v) is 2.88. The predicted octanol–water partition coefficient (Wildman–Crippen LogP) is 2.86. The van der Waals surface area contributed by atoms with Gasteiger partial charge < -0.3 is 0 Å². The first kappa shape index (κ1) is 14.1. The predicted molar refractivity (Wildman–Crippen MR) is 70.9 cm³/mol. The molecule has 0 aliphatic carbocycles. The van der Waals surface area contributed by atoms with Crippen LogP contribution in [-0.4, -0.2) is 24.5 Å². The third-order valence-corrected chi connectivity index (χ3v) is 4.18. The summed E-state index contributed by atoms with van der Waals surface area (Å²) in [7, 11) is 0. The van der Waals surface area contributed by atoms with E-state index in [1.54, 1.807) is 0 Å². The molecule has 0 aliphatic heterocycles. The van der Waals surface area contributed by atoms with Crippen molar-refractivity contribution in [1.29, 1.82) is 0 Å². The Hall–Kier alpha value is 0.0195. The topological polar surface area (TPSA) is 17.1 Å². The van der Waals surface area contributed by atoms with Gasteiger partial charge in [0.05, 0.1) is 0 Å². The van der Waals surface area contributed by atoms with E-state index in [1.165, 1.54) is 10.5 Å². The Bertz CT molecular complexity index is 395. The van der Waals surface area contributed by atoms with E-state index in [0.717, 1.165) is 4.47 Å². The maximum absolute atomic E-state index is 11.4. The molecule has 1 rings (SSSR count). The van der Waals surface area contributed by atoms with Gasteiger partial charge in [-0.15, -0.1) is 0 Å². The summed E-state index contributed by atoms with van der Waals surface area (Å²) in [5.74, 6) is -0.493. The van der Waals surface area contributed by atoms with Crippen molar-refractivity contribution < 1.29 is 4.79 Å². The van der Waals surface area contributed by atoms with E-state index in [2.05, 4.69) is 0 Å². The average Bonchev–Trinajstić information content (AvgIpc) is 2.17. The van der Waals surface area contributed by atoms with Gasteiger partial charge in [0, 0.05) is 0 Å². The van der Waals surface area contributed by atoms with Crippen molar-refractivity contribution in [3.63, 3.8) is 0 Å². The minimum atomic E-state index is -1.85. The van der Waals surface area contributed by atoms with E-state index in [0.29, 0.717) is 0 Å². The minimum absolute atomic E-state index is 0.0901. The van der Waals surface area contributed by atoms with Gasteiger partial charge in [0.15, 0.2) is 0 Å². The van der Waals surface area contributed by atoms with Crippen LogP contribution in [0.3, 0.4) is 0 Å². The SMILES string of the molecule is C/C(=C/C(=O)C(Cl)(Cl)Cl)[Se]c1ccccc1. The molecule has 0 saturated heterocycles. The van der Waals surface area contributed by atoms with Crippen LogP contribution in [0.4, 0.5) is 0 Å². The Balaban J connectivity index is 2.70. The molecule has 0 saturated carbocycles. The molecular formula is C11H9Cl3OSe. The summed E-state index contributed by atoms with van der Waals surface area (Å²) < 4.78 is 0.254. The number of carbonyl (C=O) groups is 1. The summed E-state index contributed by atoms with van der Waals surface area (Å²) in [6.45, 7) is 1.86. The molecule has 5 heteroatoms. The molecule has 0 radical (unpaired) electrons. The van der Waals surface area contributed by atoms with Gasteiger partial charge >= 0.3 is 116 Å². The van der Waals surface area contributed by atoms with Crippen LogP contribution in [0.5, 0.6) is 0 Å². The zero-order chi connectivity index (χ0) is 12.2. The van der Waals surface area contributed by atoms with Gasteiger partial charge in [-0.2, -0.15) is 0 Å². The maximum atomic E-state index is 11.4. The van der Waals surface area contributed by atoms with E-state index >= 15 is 0 Å². The van der Waals surface area contributed by atoms with E-state index in [-0.39, 0.29) is 15.0 Å².